The van der Waals surface area contributed by atoms with Gasteiger partial charge in [0.15, 0.2) is 0 Å². The normalized spacial score (nSPS) is 14.3. The molecule has 2 atom stereocenters. The molecule has 7 heteroatoms. The van der Waals surface area contributed by atoms with E-state index < -0.39 is 0 Å². The average molecular weight is 1070 g/mol. The molecule has 2 unspecified atom stereocenters. The van der Waals surface area contributed by atoms with Crippen LogP contribution in [0.4, 0.5) is 0 Å². The Labute approximate surface area is 462 Å². The van der Waals surface area contributed by atoms with Crippen LogP contribution in [0, 0.1) is 61.7 Å². The monoisotopic (exact) mass is 1070 g/mol. The highest BCUT2D eigenvalue weighted by Gasteiger charge is 2.43. The van der Waals surface area contributed by atoms with Crippen molar-refractivity contribution in [3.63, 3.8) is 0 Å². The lowest BCUT2D eigenvalue weighted by molar-refractivity contribution is -0.106. The molecule has 0 radical (unpaired) electrons. The fourth-order valence-electron chi connectivity index (χ4n) is 11.1. The van der Waals surface area contributed by atoms with Crippen LogP contribution >= 0.6 is 57.5 Å². The van der Waals surface area contributed by atoms with Crippen molar-refractivity contribution in [3.8, 4) is 46.5 Å². The highest BCUT2D eigenvalue weighted by atomic mass is 32.2. The van der Waals surface area contributed by atoms with Crippen molar-refractivity contribution in [1.82, 2.24) is 0 Å². The Morgan fingerprint density at radius 1 is 0.527 bits per heavy atom. The second-order valence-corrected chi connectivity index (χ2v) is 26.2. The van der Waals surface area contributed by atoms with E-state index in [1.165, 1.54) is 184 Å². The van der Waals surface area contributed by atoms with E-state index in [4.69, 9.17) is 6.42 Å². The van der Waals surface area contributed by atoms with Crippen LogP contribution in [0.2, 0.25) is 0 Å². The number of terminal acetylenes is 1. The van der Waals surface area contributed by atoms with Gasteiger partial charge in [-0.1, -0.05) is 196 Å². The standard InChI is InChI=1S/C67H70O2S5/c1-7-10-13-16-18-20-22-24-27-44(4)39-51-40-46(6)70-60(51)58-64-65(74-66(58)68)59(67(69)73-64)61-52(41-47(28-25-15-12-9-3)29-26-23-21-19-17-14-11-8-2)43-57(71-61)50-33-35-54-49(42-50)32-37-56-55-36-31-48-38-45(5)30-34-53(48)62(55)72-63(54)56/h3,30-38,40,42-44,47H,7-8,10-11,13-14,16-24,26-27,29,39,41H2,1-2,4-6H3. The van der Waals surface area contributed by atoms with Crippen molar-refractivity contribution in [2.45, 2.75) is 163 Å². The minimum absolute atomic E-state index is 0.0268. The second-order valence-electron chi connectivity index (χ2n) is 20.9. The minimum Gasteiger partial charge on any atom is -0.281 e. The van der Waals surface area contributed by atoms with Crippen LogP contribution in [0.5, 0.6) is 0 Å². The Kier molecular flexibility index (Phi) is 18.9. The number of hydrogen-bond acceptors (Lipinski definition) is 7. The zero-order valence-corrected chi connectivity index (χ0v) is 48.2. The molecule has 0 saturated carbocycles. The van der Waals surface area contributed by atoms with Gasteiger partial charge >= 0.3 is 0 Å². The highest BCUT2D eigenvalue weighted by molar-refractivity contribution is 8.25. The summed E-state index contributed by atoms with van der Waals surface area (Å²) in [7, 11) is 0. The maximum absolute atomic E-state index is 14.7. The Balaban J connectivity index is 1.06. The number of aryl methyl sites for hydroxylation is 2. The molecule has 0 spiro atoms. The number of fused-ring (bicyclic) bond motifs is 8. The Morgan fingerprint density at radius 3 is 1.69 bits per heavy atom. The van der Waals surface area contributed by atoms with Gasteiger partial charge in [-0.3, -0.25) is 9.59 Å². The summed E-state index contributed by atoms with van der Waals surface area (Å²) in [6.45, 7) is 11.2. The first kappa shape index (κ1) is 54.0. The van der Waals surface area contributed by atoms with E-state index in [1.54, 1.807) is 22.7 Å². The van der Waals surface area contributed by atoms with Gasteiger partial charge in [0.05, 0.1) is 11.1 Å². The summed E-state index contributed by atoms with van der Waals surface area (Å²) in [5.74, 6) is 15.1. The van der Waals surface area contributed by atoms with Crippen molar-refractivity contribution in [1.29, 1.82) is 0 Å². The van der Waals surface area contributed by atoms with Gasteiger partial charge in [0.25, 0.3) is 0 Å². The molecular formula is C67H70O2S5. The van der Waals surface area contributed by atoms with Crippen LogP contribution in [-0.2, 0) is 22.4 Å². The summed E-state index contributed by atoms with van der Waals surface area (Å²) in [5.41, 5.74) is 6.17. The van der Waals surface area contributed by atoms with E-state index in [0.29, 0.717) is 17.9 Å². The second kappa shape index (κ2) is 25.8. The van der Waals surface area contributed by atoms with Gasteiger partial charge in [-0.2, -0.15) is 0 Å². The quantitative estimate of drug-likeness (QED) is 0.0422. The molecule has 0 bridgehead atoms. The molecule has 2 nitrogen and oxygen atoms in total. The van der Waals surface area contributed by atoms with Crippen LogP contribution < -0.4 is 0 Å². The van der Waals surface area contributed by atoms with Crippen LogP contribution in [-0.4, -0.2) is 10.2 Å². The van der Waals surface area contributed by atoms with Gasteiger partial charge < -0.3 is 0 Å². The molecule has 7 aromatic rings. The highest BCUT2D eigenvalue weighted by Crippen LogP contribution is 2.59. The van der Waals surface area contributed by atoms with Crippen LogP contribution in [0.3, 0.4) is 0 Å². The summed E-state index contributed by atoms with van der Waals surface area (Å²) in [5, 5.41) is 7.70. The molecule has 74 heavy (non-hydrogen) atoms. The van der Waals surface area contributed by atoms with Crippen molar-refractivity contribution in [2.75, 3.05) is 0 Å². The topological polar surface area (TPSA) is 34.1 Å². The van der Waals surface area contributed by atoms with Gasteiger partial charge in [0, 0.05) is 55.4 Å². The van der Waals surface area contributed by atoms with Gasteiger partial charge in [0.1, 0.15) is 0 Å². The molecule has 2 aliphatic heterocycles. The Hall–Kier alpha value is -4.78. The third-order valence-electron chi connectivity index (χ3n) is 15.0. The number of carbonyl (C=O) groups is 2. The molecule has 3 aromatic heterocycles. The molecule has 9 rings (SSSR count). The summed E-state index contributed by atoms with van der Waals surface area (Å²) >= 11 is 7.83. The maximum Gasteiger partial charge on any atom is 0.226 e. The number of unbranched alkanes of at least 4 members (excludes halogenated alkanes) is 14. The molecule has 0 N–H and O–H groups in total. The molecule has 2 aliphatic rings. The number of benzene rings is 4. The zero-order valence-electron chi connectivity index (χ0n) is 44.2. The molecular weight excluding hydrogens is 997 g/mol. The van der Waals surface area contributed by atoms with E-state index in [-0.39, 0.29) is 16.1 Å². The van der Waals surface area contributed by atoms with Gasteiger partial charge in [-0.15, -0.1) is 40.4 Å². The van der Waals surface area contributed by atoms with E-state index >= 15 is 0 Å². The zero-order chi connectivity index (χ0) is 51.6. The van der Waals surface area contributed by atoms with Crippen LogP contribution in [0.15, 0.2) is 82.6 Å². The van der Waals surface area contributed by atoms with Crippen molar-refractivity contribution in [2.24, 2.45) is 11.8 Å². The summed E-state index contributed by atoms with van der Waals surface area (Å²) < 4.78 is 2.64. The lowest BCUT2D eigenvalue weighted by Crippen LogP contribution is -2.05. The van der Waals surface area contributed by atoms with E-state index in [0.717, 1.165) is 60.4 Å². The Morgan fingerprint density at radius 2 is 1.07 bits per heavy atom. The lowest BCUT2D eigenvalue weighted by Gasteiger charge is -2.12. The number of carbonyl (C=O) groups excluding carboxylic acids is 2. The van der Waals surface area contributed by atoms with Crippen molar-refractivity contribution < 1.29 is 9.59 Å². The summed E-state index contributed by atoms with van der Waals surface area (Å²) in [6, 6.07) is 27.4. The maximum atomic E-state index is 14.7. The predicted molar refractivity (Wildman–Crippen MR) is 329 cm³/mol. The average Bonchev–Trinajstić information content (AvgIpc) is 4.22. The predicted octanol–water partition coefficient (Wildman–Crippen LogP) is 20.5. The summed E-state index contributed by atoms with van der Waals surface area (Å²) in [4.78, 5) is 35.2. The molecule has 380 valence electrons. The summed E-state index contributed by atoms with van der Waals surface area (Å²) in [6.07, 6.45) is 29.8. The van der Waals surface area contributed by atoms with Gasteiger partial charge in [-0.25, -0.2) is 0 Å². The SMILES string of the molecule is C#CC#CC#CC(CCCCCCCCCC)Cc1cc(-c2ccc3c(ccc4c5ccc6cc(C)ccc6c5sc34)c2)sc1C1=C2SC(=O)C(c3sc(C)cc3CC(C)CCCCCCCCCC)=C2SC1=O. The smallest absolute Gasteiger partial charge is 0.226 e. The molecule has 0 amide bonds. The first-order chi connectivity index (χ1) is 36.1. The van der Waals surface area contributed by atoms with E-state index in [9.17, 15) is 9.59 Å². The third-order valence-corrected chi connectivity index (χ3v) is 20.8. The molecule has 4 aromatic carbocycles. The third kappa shape index (κ3) is 12.6. The fraction of sp³-hybridized carbons (Fsp3) is 0.403. The Bertz CT molecular complexity index is 3450. The molecule has 0 aliphatic carbocycles. The lowest BCUT2D eigenvalue weighted by atomic mass is 9.92. The first-order valence-electron chi connectivity index (χ1n) is 27.6. The van der Waals surface area contributed by atoms with Crippen LogP contribution in [0.25, 0.3) is 63.3 Å². The largest absolute Gasteiger partial charge is 0.281 e. The van der Waals surface area contributed by atoms with Crippen molar-refractivity contribution >= 4 is 121 Å². The number of thioether (sulfide) groups is 2. The number of rotatable bonds is 25. The minimum atomic E-state index is 0.0268. The fourth-order valence-corrected chi connectivity index (χ4v) is 17.4. The van der Waals surface area contributed by atoms with Crippen molar-refractivity contribution in [3.05, 3.63) is 114 Å². The number of thiophene rings is 3. The van der Waals surface area contributed by atoms with Gasteiger partial charge in [-0.05, 0) is 143 Å². The van der Waals surface area contributed by atoms with E-state index in [2.05, 4.69) is 137 Å². The van der Waals surface area contributed by atoms with Crippen LogP contribution in [0.1, 0.15) is 168 Å². The van der Waals surface area contributed by atoms with Gasteiger partial charge in [0.2, 0.25) is 10.2 Å². The van der Waals surface area contributed by atoms with E-state index in [1.807, 2.05) is 11.3 Å². The number of hydrogen-bond donors (Lipinski definition) is 0. The molecule has 0 fully saturated rings. The molecule has 0 saturated heterocycles. The molecule has 5 heterocycles. The first-order valence-corrected chi connectivity index (χ1v) is 31.6.